The summed E-state index contributed by atoms with van der Waals surface area (Å²) in [6.07, 6.45) is 3.66. The molecule has 0 spiro atoms. The molecular formula is C7H13N2+. The smallest absolute Gasteiger partial charge is 0.178 e. The van der Waals surface area contributed by atoms with E-state index in [1.165, 1.54) is 0 Å². The van der Waals surface area contributed by atoms with E-state index in [-0.39, 0.29) is 0 Å². The predicted octanol–water partition coefficient (Wildman–Crippen LogP) is 0.934. The van der Waals surface area contributed by atoms with Crippen LogP contribution in [0, 0.1) is 0 Å². The fourth-order valence-corrected chi connectivity index (χ4v) is 0.310. The molecule has 0 aromatic heterocycles. The molecule has 0 rings (SSSR count). The third-order valence-corrected chi connectivity index (χ3v) is 1.07. The van der Waals surface area contributed by atoms with Gasteiger partial charge >= 0.3 is 0 Å². The molecule has 50 valence electrons. The number of nitrogens with zero attached hydrogens (tertiary/aromatic N) is 2. The van der Waals surface area contributed by atoms with Crippen LogP contribution in [0.1, 0.15) is 6.92 Å². The molecule has 9 heavy (non-hydrogen) atoms. The molecule has 2 heteroatoms. The van der Waals surface area contributed by atoms with Gasteiger partial charge in [0.2, 0.25) is 0 Å². The summed E-state index contributed by atoms with van der Waals surface area (Å²) < 4.78 is 1.79. The van der Waals surface area contributed by atoms with Gasteiger partial charge in [0, 0.05) is 26.3 Å². The average molecular weight is 125 g/mol. The van der Waals surface area contributed by atoms with Crippen LogP contribution in [0.15, 0.2) is 16.8 Å². The van der Waals surface area contributed by atoms with Crippen LogP contribution >= 0.6 is 0 Å². The molecule has 0 aromatic carbocycles. The molecule has 0 N–H and O–H groups in total. The molecule has 2 nitrogen and oxygen atoms in total. The van der Waals surface area contributed by atoms with Gasteiger partial charge in [0.25, 0.3) is 0 Å². The van der Waals surface area contributed by atoms with Crippen LogP contribution in [0.25, 0.3) is 0 Å². The van der Waals surface area contributed by atoms with Gasteiger partial charge in [-0.05, 0) is 0 Å². The minimum absolute atomic E-state index is 1.10. The van der Waals surface area contributed by atoms with Crippen molar-refractivity contribution in [3.8, 4) is 0 Å². The quantitative estimate of drug-likeness (QED) is 0.385. The van der Waals surface area contributed by atoms with Gasteiger partial charge in [-0.15, -0.1) is 0 Å². The van der Waals surface area contributed by atoms with Crippen molar-refractivity contribution in [1.29, 1.82) is 0 Å². The summed E-state index contributed by atoms with van der Waals surface area (Å²) in [4.78, 5) is 3.80. The van der Waals surface area contributed by atoms with E-state index in [0.717, 1.165) is 5.70 Å². The van der Waals surface area contributed by atoms with E-state index < -0.39 is 0 Å². The molecule has 0 heterocycles. The molecule has 0 saturated heterocycles. The maximum Gasteiger partial charge on any atom is 0.178 e. The standard InChI is InChI=1S/C7H13N2/c1-7(9(3)4)5-6-8-2/h5-6H,3H2,1-2,4H3/q+1/b7-5-,8-6?. The van der Waals surface area contributed by atoms with Crippen molar-refractivity contribution in [3.05, 3.63) is 11.8 Å². The topological polar surface area (TPSA) is 15.4 Å². The van der Waals surface area contributed by atoms with E-state index in [2.05, 4.69) is 11.7 Å². The molecular weight excluding hydrogens is 112 g/mol. The normalized spacial score (nSPS) is 12.6. The van der Waals surface area contributed by atoms with Gasteiger partial charge in [0.1, 0.15) is 13.8 Å². The summed E-state index contributed by atoms with van der Waals surface area (Å²) in [6.45, 7) is 5.68. The van der Waals surface area contributed by atoms with Gasteiger partial charge < -0.3 is 0 Å². The summed E-state index contributed by atoms with van der Waals surface area (Å²) in [5, 5.41) is 0. The lowest BCUT2D eigenvalue weighted by atomic mass is 10.4. The summed E-state index contributed by atoms with van der Waals surface area (Å²) in [5.74, 6) is 0. The molecule has 0 amide bonds. The highest BCUT2D eigenvalue weighted by molar-refractivity contribution is 5.71. The van der Waals surface area contributed by atoms with Crippen molar-refractivity contribution in [3.63, 3.8) is 0 Å². The summed E-state index contributed by atoms with van der Waals surface area (Å²) in [5.41, 5.74) is 1.10. The average Bonchev–Trinajstić information content (AvgIpc) is 1.82. The summed E-state index contributed by atoms with van der Waals surface area (Å²) in [7, 11) is 3.64. The van der Waals surface area contributed by atoms with Crippen LogP contribution in [0.3, 0.4) is 0 Å². The minimum Gasteiger partial charge on any atom is -0.296 e. The Morgan fingerprint density at radius 2 is 2.22 bits per heavy atom. The van der Waals surface area contributed by atoms with E-state index in [0.29, 0.717) is 0 Å². The molecule has 0 atom stereocenters. The van der Waals surface area contributed by atoms with Crippen molar-refractivity contribution in [2.24, 2.45) is 4.99 Å². The number of hydrogen-bond acceptors (Lipinski definition) is 1. The first-order valence-corrected chi connectivity index (χ1v) is 2.81. The van der Waals surface area contributed by atoms with E-state index >= 15 is 0 Å². The van der Waals surface area contributed by atoms with Crippen molar-refractivity contribution in [2.45, 2.75) is 6.92 Å². The maximum atomic E-state index is 3.80. The molecule has 0 saturated carbocycles. The molecule has 0 radical (unpaired) electrons. The van der Waals surface area contributed by atoms with E-state index in [4.69, 9.17) is 0 Å². The molecule has 0 aromatic rings. The Bertz CT molecular complexity index is 154. The molecule has 0 aliphatic carbocycles. The lowest BCUT2D eigenvalue weighted by Gasteiger charge is -1.87. The van der Waals surface area contributed by atoms with Gasteiger partial charge in [0.15, 0.2) is 5.70 Å². The van der Waals surface area contributed by atoms with Gasteiger partial charge in [0.05, 0.1) is 0 Å². The fourth-order valence-electron chi connectivity index (χ4n) is 0.310. The predicted molar refractivity (Wildman–Crippen MR) is 41.5 cm³/mol. The lowest BCUT2D eigenvalue weighted by molar-refractivity contribution is -0.433. The third-order valence-electron chi connectivity index (χ3n) is 1.07. The molecule has 0 aliphatic heterocycles. The van der Waals surface area contributed by atoms with Crippen LogP contribution in [0.2, 0.25) is 0 Å². The first kappa shape index (κ1) is 8.08. The van der Waals surface area contributed by atoms with Gasteiger partial charge in [-0.2, -0.15) is 0 Å². The van der Waals surface area contributed by atoms with Crippen LogP contribution < -0.4 is 0 Å². The first-order valence-electron chi connectivity index (χ1n) is 2.81. The molecule has 0 bridgehead atoms. The molecule has 0 unspecified atom stereocenters. The van der Waals surface area contributed by atoms with Gasteiger partial charge in [-0.1, -0.05) is 0 Å². The van der Waals surface area contributed by atoms with Crippen LogP contribution in [0.4, 0.5) is 0 Å². The number of aliphatic imine (C=N–C) groups is 1. The van der Waals surface area contributed by atoms with Gasteiger partial charge in [-0.3, -0.25) is 4.99 Å². The summed E-state index contributed by atoms with van der Waals surface area (Å²) >= 11 is 0. The van der Waals surface area contributed by atoms with Crippen molar-refractivity contribution < 1.29 is 4.58 Å². The Morgan fingerprint density at radius 1 is 1.67 bits per heavy atom. The van der Waals surface area contributed by atoms with E-state index in [9.17, 15) is 0 Å². The Morgan fingerprint density at radius 3 is 2.56 bits per heavy atom. The number of hydrogen-bond donors (Lipinski definition) is 0. The number of rotatable bonds is 2. The number of allylic oxidation sites excluding steroid dienone is 2. The largest absolute Gasteiger partial charge is 0.296 e. The van der Waals surface area contributed by atoms with E-state index in [1.54, 1.807) is 17.8 Å². The second-order valence-electron chi connectivity index (χ2n) is 1.91. The highest BCUT2D eigenvalue weighted by Gasteiger charge is 1.91. The molecule has 0 fully saturated rings. The van der Waals surface area contributed by atoms with Gasteiger partial charge in [-0.25, -0.2) is 4.58 Å². The lowest BCUT2D eigenvalue weighted by Crippen LogP contribution is -1.97. The van der Waals surface area contributed by atoms with Crippen LogP contribution in [-0.2, 0) is 0 Å². The monoisotopic (exact) mass is 125 g/mol. The second kappa shape index (κ2) is 4.01. The zero-order valence-electron chi connectivity index (χ0n) is 6.26. The second-order valence-corrected chi connectivity index (χ2v) is 1.91. The van der Waals surface area contributed by atoms with Crippen LogP contribution in [0.5, 0.6) is 0 Å². The highest BCUT2D eigenvalue weighted by atomic mass is 14.9. The Kier molecular flexibility index (Phi) is 3.60. The maximum absolute atomic E-state index is 3.80. The fraction of sp³-hybridized carbons (Fsp3) is 0.429. The first-order chi connectivity index (χ1) is 4.18. The Labute approximate surface area is 56.2 Å². The molecule has 0 aliphatic rings. The Hall–Kier alpha value is -0.920. The Balaban J connectivity index is 4.00. The zero-order valence-corrected chi connectivity index (χ0v) is 6.26. The zero-order chi connectivity index (χ0) is 7.28. The van der Waals surface area contributed by atoms with E-state index in [1.807, 2.05) is 20.0 Å². The highest BCUT2D eigenvalue weighted by Crippen LogP contribution is 1.86. The van der Waals surface area contributed by atoms with Crippen molar-refractivity contribution in [1.82, 2.24) is 0 Å². The SMILES string of the molecule is C=[N+](C)/C(C)=C\C=NC. The van der Waals surface area contributed by atoms with Crippen molar-refractivity contribution >= 4 is 12.9 Å². The minimum atomic E-state index is 1.10. The van der Waals surface area contributed by atoms with Crippen LogP contribution in [-0.4, -0.2) is 31.6 Å². The van der Waals surface area contributed by atoms with Crippen molar-refractivity contribution in [2.75, 3.05) is 14.1 Å². The third kappa shape index (κ3) is 3.64. The summed E-state index contributed by atoms with van der Waals surface area (Å²) in [6, 6.07) is 0.